The molecule has 6 aromatic carbocycles. The first-order valence-corrected chi connectivity index (χ1v) is 19.4. The second kappa shape index (κ2) is 13.9. The van der Waals surface area contributed by atoms with Crippen molar-refractivity contribution in [1.82, 2.24) is 0 Å². The summed E-state index contributed by atoms with van der Waals surface area (Å²) in [7, 11) is -1.59. The van der Waals surface area contributed by atoms with Crippen molar-refractivity contribution in [3.05, 3.63) is 169 Å². The zero-order valence-electron chi connectivity index (χ0n) is 26.4. The average Bonchev–Trinajstić information content (AvgIpc) is 3.27. The van der Waals surface area contributed by atoms with E-state index in [1.54, 1.807) is 0 Å². The molecule has 0 fully saturated rings. The summed E-state index contributed by atoms with van der Waals surface area (Å²) < 4.78 is 14.6. The molecule has 47 heavy (non-hydrogen) atoms. The summed E-state index contributed by atoms with van der Waals surface area (Å²) >= 11 is 0. The van der Waals surface area contributed by atoms with Crippen molar-refractivity contribution < 1.29 is 9.47 Å². The van der Waals surface area contributed by atoms with Gasteiger partial charge in [-0.1, -0.05) is 158 Å². The quantitative estimate of drug-likeness (QED) is 0.173. The van der Waals surface area contributed by atoms with Gasteiger partial charge in [0.05, 0.1) is 0 Å². The van der Waals surface area contributed by atoms with Gasteiger partial charge in [0.25, 0.3) is 0 Å². The zero-order valence-corrected chi connectivity index (χ0v) is 28.2. The molecule has 4 heteroatoms. The molecule has 232 valence electrons. The predicted octanol–water partition coefficient (Wildman–Crippen LogP) is 7.68. The molecule has 0 unspecified atom stereocenters. The van der Waals surface area contributed by atoms with E-state index in [4.69, 9.17) is 9.47 Å². The lowest BCUT2D eigenvalue weighted by Crippen LogP contribution is -2.30. The third kappa shape index (κ3) is 6.38. The maximum atomic E-state index is 7.29. The minimum atomic E-state index is -0.796. The van der Waals surface area contributed by atoms with E-state index >= 15 is 0 Å². The molecule has 0 amide bonds. The summed E-state index contributed by atoms with van der Waals surface area (Å²) in [6.45, 7) is 0. The highest BCUT2D eigenvalue weighted by atomic mass is 31.1. The molecule has 0 radical (unpaired) electrons. The standard InChI is InChI=1S/C43H38O2P2/c1-5-20-36(21-6-1)46(37-22-7-2-8-23-37)40-28-13-16-32-30-35-19-15-18-34(44-42(32)40)31-33-17-14-29-41(43(33)45-35)47(38-24-9-3-10-25-38)39-26-11-4-12-27-39/h1-14,16-17,20-29,34-35H,15,18-19,30-31H2/t34-,35-/m0/s1. The van der Waals surface area contributed by atoms with Gasteiger partial charge in [-0.3, -0.25) is 0 Å². The van der Waals surface area contributed by atoms with Gasteiger partial charge in [0.15, 0.2) is 0 Å². The molecule has 0 spiro atoms. The van der Waals surface area contributed by atoms with Crippen molar-refractivity contribution in [3.63, 3.8) is 0 Å². The number of hydrogen-bond acceptors (Lipinski definition) is 2. The van der Waals surface area contributed by atoms with Gasteiger partial charge >= 0.3 is 0 Å². The average molecular weight is 649 g/mol. The van der Waals surface area contributed by atoms with Crippen LogP contribution in [0.25, 0.3) is 0 Å². The summed E-state index contributed by atoms with van der Waals surface area (Å²) in [5, 5.41) is 7.96. The van der Waals surface area contributed by atoms with Gasteiger partial charge in [0.1, 0.15) is 23.7 Å². The SMILES string of the molecule is c1ccc(P(c2ccccc2)c2cccc3c2O[C@H]2CCC[C@@H](C3)Oc3c(cccc3P(c3ccccc3)c3ccccc3)C2)cc1. The smallest absolute Gasteiger partial charge is 0.131 e. The summed E-state index contributed by atoms with van der Waals surface area (Å²) in [6.07, 6.45) is 4.88. The normalized spacial score (nSPS) is 17.2. The maximum absolute atomic E-state index is 7.29. The van der Waals surface area contributed by atoms with Gasteiger partial charge in [-0.2, -0.15) is 0 Å². The molecule has 0 N–H and O–H groups in total. The highest BCUT2D eigenvalue weighted by Gasteiger charge is 2.32. The highest BCUT2D eigenvalue weighted by molar-refractivity contribution is 7.80. The fourth-order valence-electron chi connectivity index (χ4n) is 7.05. The molecular weight excluding hydrogens is 610 g/mol. The van der Waals surface area contributed by atoms with Crippen molar-refractivity contribution in [3.8, 4) is 11.5 Å². The van der Waals surface area contributed by atoms with Gasteiger partial charge in [0.2, 0.25) is 0 Å². The topological polar surface area (TPSA) is 18.5 Å². The fourth-order valence-corrected chi connectivity index (χ4v) is 11.9. The first-order chi connectivity index (χ1) is 23.3. The number of fused-ring (bicyclic) bond motifs is 6. The first-order valence-electron chi connectivity index (χ1n) is 16.7. The molecule has 2 aliphatic rings. The number of hydrogen-bond donors (Lipinski definition) is 0. The van der Waals surface area contributed by atoms with Crippen molar-refractivity contribution in [2.45, 2.75) is 44.3 Å². The Morgan fingerprint density at radius 1 is 0.383 bits per heavy atom. The van der Waals surface area contributed by atoms with E-state index in [9.17, 15) is 0 Å². The molecule has 6 aromatic rings. The summed E-state index contributed by atoms with van der Waals surface area (Å²) in [5.41, 5.74) is 2.51. The van der Waals surface area contributed by atoms with Crippen molar-refractivity contribution in [2.24, 2.45) is 0 Å². The molecule has 2 bridgehead atoms. The fraction of sp³-hybridized carbons (Fsp3) is 0.163. The van der Waals surface area contributed by atoms with E-state index in [0.29, 0.717) is 0 Å². The van der Waals surface area contributed by atoms with Gasteiger partial charge < -0.3 is 9.47 Å². The number of rotatable bonds is 6. The van der Waals surface area contributed by atoms with Gasteiger partial charge in [-0.05, 0) is 67.5 Å². The molecule has 2 atom stereocenters. The molecule has 0 aromatic heterocycles. The zero-order chi connectivity index (χ0) is 31.4. The third-order valence-corrected chi connectivity index (χ3v) is 14.1. The molecule has 2 aliphatic heterocycles. The molecule has 0 saturated carbocycles. The largest absolute Gasteiger partial charge is 0.489 e. The van der Waals surface area contributed by atoms with Crippen LogP contribution in [-0.2, 0) is 12.8 Å². The Morgan fingerprint density at radius 3 is 1.06 bits per heavy atom. The third-order valence-electron chi connectivity index (χ3n) is 9.21. The Labute approximate surface area is 280 Å². The lowest BCUT2D eigenvalue weighted by molar-refractivity contribution is 0.189. The lowest BCUT2D eigenvalue weighted by Gasteiger charge is -2.30. The second-order valence-corrected chi connectivity index (χ2v) is 16.7. The number of para-hydroxylation sites is 2. The molecule has 2 nitrogen and oxygen atoms in total. The molecule has 0 saturated heterocycles. The van der Waals surface area contributed by atoms with Crippen LogP contribution < -0.4 is 41.3 Å². The van der Waals surface area contributed by atoms with Gasteiger partial charge in [-0.25, -0.2) is 0 Å². The minimum absolute atomic E-state index is 0.0624. The van der Waals surface area contributed by atoms with Crippen LogP contribution in [0.2, 0.25) is 0 Å². The molecular formula is C43H38O2P2. The molecule has 2 heterocycles. The Kier molecular flexibility index (Phi) is 8.89. The van der Waals surface area contributed by atoms with E-state index in [2.05, 4.69) is 158 Å². The van der Waals surface area contributed by atoms with Crippen LogP contribution in [0.3, 0.4) is 0 Å². The van der Waals surface area contributed by atoms with Crippen molar-refractivity contribution >= 4 is 47.7 Å². The summed E-state index contributed by atoms with van der Waals surface area (Å²) in [4.78, 5) is 0. The highest BCUT2D eigenvalue weighted by Crippen LogP contribution is 2.43. The Morgan fingerprint density at radius 2 is 0.723 bits per heavy atom. The first kappa shape index (κ1) is 30.1. The Balaban J connectivity index is 1.24. The lowest BCUT2D eigenvalue weighted by atomic mass is 10.0. The minimum Gasteiger partial charge on any atom is -0.489 e. The number of ether oxygens (including phenoxy) is 2. The van der Waals surface area contributed by atoms with Crippen LogP contribution in [0.4, 0.5) is 0 Å². The van der Waals surface area contributed by atoms with E-state index in [0.717, 1.165) is 43.6 Å². The van der Waals surface area contributed by atoms with E-state index < -0.39 is 15.8 Å². The summed E-state index contributed by atoms with van der Waals surface area (Å²) in [5.74, 6) is 2.14. The van der Waals surface area contributed by atoms with Crippen LogP contribution in [0.1, 0.15) is 30.4 Å². The van der Waals surface area contributed by atoms with Crippen LogP contribution in [0.15, 0.2) is 158 Å². The van der Waals surface area contributed by atoms with Crippen LogP contribution in [0, 0.1) is 0 Å². The second-order valence-electron chi connectivity index (χ2n) is 12.4. The van der Waals surface area contributed by atoms with E-state index in [1.165, 1.54) is 43.0 Å². The van der Waals surface area contributed by atoms with E-state index in [-0.39, 0.29) is 12.2 Å². The predicted molar refractivity (Wildman–Crippen MR) is 200 cm³/mol. The summed E-state index contributed by atoms with van der Waals surface area (Å²) in [6, 6.07) is 57.5. The monoisotopic (exact) mass is 648 g/mol. The Hall–Kier alpha value is -4.22. The van der Waals surface area contributed by atoms with Crippen LogP contribution in [0.5, 0.6) is 11.5 Å². The van der Waals surface area contributed by atoms with Crippen molar-refractivity contribution in [1.29, 1.82) is 0 Å². The van der Waals surface area contributed by atoms with Gasteiger partial charge in [-0.15, -0.1) is 0 Å². The molecule has 8 rings (SSSR count). The molecule has 0 aliphatic carbocycles. The van der Waals surface area contributed by atoms with Crippen LogP contribution in [-0.4, -0.2) is 12.2 Å². The van der Waals surface area contributed by atoms with Crippen molar-refractivity contribution in [2.75, 3.05) is 0 Å². The van der Waals surface area contributed by atoms with Gasteiger partial charge in [0, 0.05) is 23.5 Å². The van der Waals surface area contributed by atoms with Crippen LogP contribution >= 0.6 is 15.8 Å². The Bertz CT molecular complexity index is 1710. The maximum Gasteiger partial charge on any atom is 0.131 e. The number of benzene rings is 6. The van der Waals surface area contributed by atoms with E-state index in [1.807, 2.05) is 0 Å².